The van der Waals surface area contributed by atoms with Crippen LogP contribution in [0.25, 0.3) is 5.78 Å². The van der Waals surface area contributed by atoms with Gasteiger partial charge in [-0.1, -0.05) is 23.7 Å². The number of methoxy groups -OCH3 is 2. The van der Waals surface area contributed by atoms with Gasteiger partial charge in [-0.25, -0.2) is 4.98 Å². The van der Waals surface area contributed by atoms with Crippen molar-refractivity contribution >= 4 is 34.9 Å². The van der Waals surface area contributed by atoms with Crippen molar-refractivity contribution < 1.29 is 14.3 Å². The van der Waals surface area contributed by atoms with E-state index in [0.29, 0.717) is 46.0 Å². The molecule has 2 aromatic heterocycles. The quantitative estimate of drug-likeness (QED) is 0.323. The number of hydrogen-bond acceptors (Lipinski definition) is 7. The third kappa shape index (κ3) is 5.55. The Morgan fingerprint density at radius 1 is 1.11 bits per heavy atom. The number of carbonyl (C=O) groups is 1. The molecule has 4 aromatic rings. The highest BCUT2D eigenvalue weighted by atomic mass is 35.5. The molecule has 0 aliphatic carbocycles. The number of benzene rings is 2. The molecule has 2 heterocycles. The highest BCUT2D eigenvalue weighted by Crippen LogP contribution is 2.29. The molecule has 0 fully saturated rings. The van der Waals surface area contributed by atoms with E-state index in [0.717, 1.165) is 5.56 Å². The minimum Gasteiger partial charge on any atom is -0.497 e. The lowest BCUT2D eigenvalue weighted by molar-refractivity contribution is -0.116. The number of nitrogens with zero attached hydrogens (tertiary/aromatic N) is 3. The van der Waals surface area contributed by atoms with Gasteiger partial charge in [0.25, 0.3) is 11.3 Å². The van der Waals surface area contributed by atoms with Gasteiger partial charge in [0.2, 0.25) is 11.9 Å². The number of aromatic amines is 1. The summed E-state index contributed by atoms with van der Waals surface area (Å²) < 4.78 is 11.8. The number of ether oxygens (including phenoxy) is 2. The summed E-state index contributed by atoms with van der Waals surface area (Å²) in [4.78, 5) is 34.4. The van der Waals surface area contributed by atoms with Gasteiger partial charge in [-0.3, -0.25) is 14.7 Å². The summed E-state index contributed by atoms with van der Waals surface area (Å²) in [5.41, 5.74) is 2.19. The molecule has 3 N–H and O–H groups in total. The fraction of sp³-hybridized carbons (Fsp3) is 0.250. The number of aromatic nitrogens is 4. The molecule has 0 aliphatic rings. The van der Waals surface area contributed by atoms with Crippen LogP contribution in [0.1, 0.15) is 23.2 Å². The fourth-order valence-corrected chi connectivity index (χ4v) is 3.69. The van der Waals surface area contributed by atoms with Gasteiger partial charge in [0, 0.05) is 29.6 Å². The Morgan fingerprint density at radius 3 is 2.60 bits per heavy atom. The third-order valence-corrected chi connectivity index (χ3v) is 5.71. The molecule has 0 atom stereocenters. The Morgan fingerprint density at radius 2 is 1.89 bits per heavy atom. The largest absolute Gasteiger partial charge is 0.497 e. The maximum absolute atomic E-state index is 13.1. The van der Waals surface area contributed by atoms with Gasteiger partial charge in [0.15, 0.2) is 0 Å². The number of anilines is 2. The van der Waals surface area contributed by atoms with E-state index in [-0.39, 0.29) is 30.1 Å². The molecule has 11 heteroatoms. The topological polar surface area (TPSA) is 123 Å². The van der Waals surface area contributed by atoms with Crippen LogP contribution in [0.5, 0.6) is 11.5 Å². The molecule has 1 amide bonds. The molecular formula is C24H25ClN6O4. The van der Waals surface area contributed by atoms with Gasteiger partial charge in [0.1, 0.15) is 11.5 Å². The first kappa shape index (κ1) is 24.1. The second kappa shape index (κ2) is 10.5. The number of fused-ring (bicyclic) bond motifs is 1. The van der Waals surface area contributed by atoms with Gasteiger partial charge in [-0.05, 0) is 43.2 Å². The molecule has 35 heavy (non-hydrogen) atoms. The van der Waals surface area contributed by atoms with Crippen LogP contribution in [0.3, 0.4) is 0 Å². The molecule has 0 radical (unpaired) electrons. The predicted molar refractivity (Wildman–Crippen MR) is 134 cm³/mol. The Balaban J connectivity index is 1.45. The molecule has 0 saturated heterocycles. The Labute approximate surface area is 206 Å². The number of amides is 1. The maximum atomic E-state index is 13.1. The van der Waals surface area contributed by atoms with E-state index in [1.165, 1.54) is 11.6 Å². The zero-order valence-corrected chi connectivity index (χ0v) is 20.3. The number of hydrogen-bond donors (Lipinski definition) is 3. The molecule has 182 valence electrons. The fourth-order valence-electron chi connectivity index (χ4n) is 3.56. The smallest absolute Gasteiger partial charge is 0.277 e. The molecule has 0 unspecified atom stereocenters. The van der Waals surface area contributed by atoms with E-state index in [4.69, 9.17) is 21.1 Å². The van der Waals surface area contributed by atoms with E-state index in [1.54, 1.807) is 44.4 Å². The molecule has 0 saturated carbocycles. The molecule has 10 nitrogen and oxygen atoms in total. The molecule has 0 spiro atoms. The summed E-state index contributed by atoms with van der Waals surface area (Å²) in [6, 6.07) is 12.5. The number of aryl methyl sites for hydroxylation is 1. The lowest BCUT2D eigenvalue weighted by Crippen LogP contribution is -2.23. The van der Waals surface area contributed by atoms with Crippen LogP contribution >= 0.6 is 11.6 Å². The van der Waals surface area contributed by atoms with E-state index in [2.05, 4.69) is 25.7 Å². The van der Waals surface area contributed by atoms with Crippen molar-refractivity contribution in [2.45, 2.75) is 26.3 Å². The van der Waals surface area contributed by atoms with Gasteiger partial charge in [-0.2, -0.15) is 9.50 Å². The summed E-state index contributed by atoms with van der Waals surface area (Å²) in [7, 11) is 3.07. The van der Waals surface area contributed by atoms with Crippen LogP contribution in [-0.4, -0.2) is 39.7 Å². The molecule has 0 aliphatic heterocycles. The van der Waals surface area contributed by atoms with Crippen LogP contribution in [-0.2, 0) is 17.8 Å². The first-order valence-electron chi connectivity index (χ1n) is 10.9. The van der Waals surface area contributed by atoms with E-state index in [1.807, 2.05) is 12.1 Å². The summed E-state index contributed by atoms with van der Waals surface area (Å²) in [5, 5.41) is 9.54. The lowest BCUT2D eigenvalue weighted by Gasteiger charge is -2.11. The normalized spacial score (nSPS) is 10.9. The van der Waals surface area contributed by atoms with Crippen molar-refractivity contribution in [1.29, 1.82) is 0 Å². The summed E-state index contributed by atoms with van der Waals surface area (Å²) in [5.74, 6) is 1.50. The summed E-state index contributed by atoms with van der Waals surface area (Å²) in [6.45, 7) is 2.23. The number of carbonyl (C=O) groups excluding carboxylic acids is 1. The van der Waals surface area contributed by atoms with Crippen LogP contribution in [0.15, 0.2) is 47.3 Å². The Kier molecular flexibility index (Phi) is 7.21. The zero-order valence-electron chi connectivity index (χ0n) is 19.5. The van der Waals surface area contributed by atoms with Crippen LogP contribution in [0.2, 0.25) is 5.02 Å². The summed E-state index contributed by atoms with van der Waals surface area (Å²) in [6.07, 6.45) is 0.312. The second-order valence-electron chi connectivity index (χ2n) is 7.78. The Bertz CT molecular complexity index is 1410. The zero-order chi connectivity index (χ0) is 24.9. The van der Waals surface area contributed by atoms with E-state index < -0.39 is 0 Å². The number of H-pyrrole nitrogens is 1. The monoisotopic (exact) mass is 496 g/mol. The minimum absolute atomic E-state index is 0.0921. The van der Waals surface area contributed by atoms with Crippen molar-refractivity contribution in [2.24, 2.45) is 0 Å². The first-order valence-corrected chi connectivity index (χ1v) is 11.2. The van der Waals surface area contributed by atoms with Crippen molar-refractivity contribution in [1.82, 2.24) is 19.6 Å². The number of halogens is 1. The van der Waals surface area contributed by atoms with Gasteiger partial charge in [-0.15, -0.1) is 0 Å². The van der Waals surface area contributed by atoms with E-state index in [9.17, 15) is 9.59 Å². The molecular weight excluding hydrogens is 472 g/mol. The minimum atomic E-state index is -0.297. The van der Waals surface area contributed by atoms with Crippen molar-refractivity contribution in [3.63, 3.8) is 0 Å². The first-order chi connectivity index (χ1) is 16.9. The highest BCUT2D eigenvalue weighted by Gasteiger charge is 2.16. The van der Waals surface area contributed by atoms with Crippen molar-refractivity contribution in [3.05, 3.63) is 74.7 Å². The van der Waals surface area contributed by atoms with Gasteiger partial charge >= 0.3 is 0 Å². The molecule has 2 aromatic carbocycles. The lowest BCUT2D eigenvalue weighted by atomic mass is 10.1. The average Bonchev–Trinajstić information content (AvgIpc) is 3.26. The van der Waals surface area contributed by atoms with Gasteiger partial charge < -0.3 is 20.1 Å². The van der Waals surface area contributed by atoms with Crippen LogP contribution in [0.4, 0.5) is 11.6 Å². The second-order valence-corrected chi connectivity index (χ2v) is 8.22. The number of rotatable bonds is 9. The van der Waals surface area contributed by atoms with Crippen molar-refractivity contribution in [3.8, 4) is 11.5 Å². The number of nitrogens with one attached hydrogen (secondary N) is 3. The third-order valence-electron chi connectivity index (χ3n) is 5.45. The highest BCUT2D eigenvalue weighted by molar-refractivity contribution is 6.30. The van der Waals surface area contributed by atoms with Crippen LogP contribution in [0, 0.1) is 6.92 Å². The molecule has 4 rings (SSSR count). The average molecular weight is 497 g/mol. The summed E-state index contributed by atoms with van der Waals surface area (Å²) >= 11 is 5.92. The standard InChI is InChI=1S/C24H25ClN6O4/c1-14-18(9-11-21(32)28-19-10-8-17(34-2)12-20(19)35-3)22(33)31-24(27-14)29-23(30-31)26-13-15-4-6-16(25)7-5-15/h4-8,10,12H,9,11,13H2,1-3H3,(H,28,32)(H2,26,27,29,30). The Hall–Kier alpha value is -4.05. The predicted octanol–water partition coefficient (Wildman–Crippen LogP) is 3.58. The SMILES string of the molecule is COc1ccc(NC(=O)CCc2c(C)nc3nc(NCc4ccc(Cl)cc4)[nH]n3c2=O)c(OC)c1. The van der Waals surface area contributed by atoms with Gasteiger partial charge in [0.05, 0.1) is 25.6 Å². The molecule has 0 bridgehead atoms. The van der Waals surface area contributed by atoms with Crippen LogP contribution < -0.4 is 25.7 Å². The van der Waals surface area contributed by atoms with E-state index >= 15 is 0 Å². The maximum Gasteiger partial charge on any atom is 0.277 e. The van der Waals surface area contributed by atoms with Crippen molar-refractivity contribution in [2.75, 3.05) is 24.9 Å².